The smallest absolute Gasteiger partial charge is 0.317 e. The van der Waals surface area contributed by atoms with Crippen molar-refractivity contribution < 1.29 is 14.7 Å². The van der Waals surface area contributed by atoms with Crippen LogP contribution >= 0.6 is 0 Å². The minimum atomic E-state index is -0.789. The molecule has 0 unspecified atom stereocenters. The molecule has 0 aromatic heterocycles. The number of carbonyl (C=O) groups is 2. The van der Waals surface area contributed by atoms with Gasteiger partial charge in [-0.2, -0.15) is 0 Å². The molecule has 1 atom stereocenters. The number of piperidine rings is 1. The van der Waals surface area contributed by atoms with Gasteiger partial charge in [-0.15, -0.1) is 0 Å². The molecule has 1 rings (SSSR count). The molecule has 0 aromatic rings. The number of likely N-dealkylation sites (tertiary alicyclic amines) is 1. The normalized spacial score (nSPS) is 21.2. The number of carboxylic acids is 1. The highest BCUT2D eigenvalue weighted by molar-refractivity contribution is 5.73. The topological polar surface area (TPSA) is 60.9 Å². The number of amides is 1. The van der Waals surface area contributed by atoms with Gasteiger partial charge in [-0.1, -0.05) is 6.42 Å². The molecule has 17 heavy (non-hydrogen) atoms. The Balaban J connectivity index is 2.57. The molecular weight excluding hydrogens is 220 g/mol. The van der Waals surface area contributed by atoms with E-state index in [1.807, 2.05) is 11.8 Å². The summed E-state index contributed by atoms with van der Waals surface area (Å²) in [5.41, 5.74) is 0. The first-order valence-electron chi connectivity index (χ1n) is 6.26. The van der Waals surface area contributed by atoms with E-state index in [1.54, 1.807) is 11.8 Å². The highest BCUT2D eigenvalue weighted by Crippen LogP contribution is 2.17. The molecule has 0 bridgehead atoms. The van der Waals surface area contributed by atoms with Crippen molar-refractivity contribution in [2.75, 3.05) is 26.2 Å². The number of hydrogen-bond donors (Lipinski definition) is 1. The number of carboxylic acid groups (broad SMARTS) is 1. The van der Waals surface area contributed by atoms with Crippen molar-refractivity contribution in [3.05, 3.63) is 0 Å². The molecule has 0 saturated carbocycles. The standard InChI is InChI=1S/C12H22N2O3/c1-3-13(10(2)15)8-11-6-4-5-7-14(11)9-12(16)17/h11H,3-9H2,1-2H3,(H,16,17)/t11-/m1/s1. The van der Waals surface area contributed by atoms with Crippen molar-refractivity contribution in [3.8, 4) is 0 Å². The highest BCUT2D eigenvalue weighted by Gasteiger charge is 2.26. The second kappa shape index (κ2) is 6.59. The van der Waals surface area contributed by atoms with Gasteiger partial charge in [-0.25, -0.2) is 0 Å². The van der Waals surface area contributed by atoms with Gasteiger partial charge in [0, 0.05) is 26.1 Å². The third kappa shape index (κ3) is 4.34. The second-order valence-electron chi connectivity index (χ2n) is 4.57. The quantitative estimate of drug-likeness (QED) is 0.774. The molecule has 1 heterocycles. The van der Waals surface area contributed by atoms with E-state index in [-0.39, 0.29) is 18.5 Å². The van der Waals surface area contributed by atoms with E-state index in [9.17, 15) is 9.59 Å². The first kappa shape index (κ1) is 14.0. The second-order valence-corrected chi connectivity index (χ2v) is 4.57. The fourth-order valence-electron chi connectivity index (χ4n) is 2.38. The zero-order valence-electron chi connectivity index (χ0n) is 10.7. The van der Waals surface area contributed by atoms with Gasteiger partial charge in [-0.3, -0.25) is 14.5 Å². The van der Waals surface area contributed by atoms with Crippen molar-refractivity contribution in [2.45, 2.75) is 39.2 Å². The van der Waals surface area contributed by atoms with E-state index < -0.39 is 5.97 Å². The Morgan fingerprint density at radius 1 is 1.41 bits per heavy atom. The van der Waals surface area contributed by atoms with Crippen LogP contribution in [0.5, 0.6) is 0 Å². The summed E-state index contributed by atoms with van der Waals surface area (Å²) in [7, 11) is 0. The lowest BCUT2D eigenvalue weighted by molar-refractivity contribution is -0.139. The summed E-state index contributed by atoms with van der Waals surface area (Å²) < 4.78 is 0. The summed E-state index contributed by atoms with van der Waals surface area (Å²) in [4.78, 5) is 25.9. The fraction of sp³-hybridized carbons (Fsp3) is 0.833. The molecule has 1 aliphatic rings. The van der Waals surface area contributed by atoms with Crippen molar-refractivity contribution in [1.29, 1.82) is 0 Å². The van der Waals surface area contributed by atoms with Crippen molar-refractivity contribution in [1.82, 2.24) is 9.80 Å². The van der Waals surface area contributed by atoms with E-state index in [1.165, 1.54) is 0 Å². The molecule has 1 amide bonds. The van der Waals surface area contributed by atoms with Crippen LogP contribution in [0.1, 0.15) is 33.1 Å². The van der Waals surface area contributed by atoms with Crippen molar-refractivity contribution >= 4 is 11.9 Å². The Labute approximate surface area is 102 Å². The maximum atomic E-state index is 11.4. The summed E-state index contributed by atoms with van der Waals surface area (Å²) in [6.07, 6.45) is 3.16. The average molecular weight is 242 g/mol. The number of aliphatic carboxylic acids is 1. The molecule has 5 nitrogen and oxygen atoms in total. The van der Waals surface area contributed by atoms with Crippen LogP contribution < -0.4 is 0 Å². The summed E-state index contributed by atoms with van der Waals surface area (Å²) in [5, 5.41) is 8.86. The van der Waals surface area contributed by atoms with Gasteiger partial charge in [0.05, 0.1) is 6.54 Å². The zero-order chi connectivity index (χ0) is 12.8. The molecule has 0 aliphatic carbocycles. The van der Waals surface area contributed by atoms with Gasteiger partial charge >= 0.3 is 5.97 Å². The Kier molecular flexibility index (Phi) is 5.41. The van der Waals surface area contributed by atoms with Gasteiger partial charge in [-0.05, 0) is 26.3 Å². The molecule has 1 N–H and O–H groups in total. The Bertz CT molecular complexity index is 281. The highest BCUT2D eigenvalue weighted by atomic mass is 16.4. The van der Waals surface area contributed by atoms with Crippen molar-refractivity contribution in [2.24, 2.45) is 0 Å². The van der Waals surface area contributed by atoms with Crippen LogP contribution in [0.2, 0.25) is 0 Å². The average Bonchev–Trinajstić information content (AvgIpc) is 2.26. The van der Waals surface area contributed by atoms with E-state index in [0.29, 0.717) is 13.1 Å². The van der Waals surface area contributed by atoms with Gasteiger partial charge in [0.15, 0.2) is 0 Å². The SMILES string of the molecule is CCN(C[C@H]1CCCCN1CC(=O)O)C(C)=O. The fourth-order valence-corrected chi connectivity index (χ4v) is 2.38. The lowest BCUT2D eigenvalue weighted by atomic mass is 10.0. The number of rotatable bonds is 5. The van der Waals surface area contributed by atoms with E-state index in [0.717, 1.165) is 25.8 Å². The Morgan fingerprint density at radius 3 is 2.65 bits per heavy atom. The minimum absolute atomic E-state index is 0.0633. The van der Waals surface area contributed by atoms with Gasteiger partial charge in [0.25, 0.3) is 0 Å². The predicted molar refractivity (Wildman–Crippen MR) is 64.8 cm³/mol. The van der Waals surface area contributed by atoms with Crippen LogP contribution in [0.25, 0.3) is 0 Å². The van der Waals surface area contributed by atoms with Crippen molar-refractivity contribution in [3.63, 3.8) is 0 Å². The minimum Gasteiger partial charge on any atom is -0.480 e. The third-order valence-corrected chi connectivity index (χ3v) is 3.35. The van der Waals surface area contributed by atoms with Crippen LogP contribution in [-0.4, -0.2) is 59.0 Å². The number of hydrogen-bond acceptors (Lipinski definition) is 3. The Morgan fingerprint density at radius 2 is 2.12 bits per heavy atom. The van der Waals surface area contributed by atoms with E-state index in [2.05, 4.69) is 0 Å². The predicted octanol–water partition coefficient (Wildman–Crippen LogP) is 0.794. The van der Waals surface area contributed by atoms with E-state index in [4.69, 9.17) is 5.11 Å². The summed E-state index contributed by atoms with van der Waals surface area (Å²) in [6, 6.07) is 0.198. The zero-order valence-corrected chi connectivity index (χ0v) is 10.7. The van der Waals surface area contributed by atoms with Crippen LogP contribution in [0.3, 0.4) is 0 Å². The first-order chi connectivity index (χ1) is 8.04. The number of carbonyl (C=O) groups excluding carboxylic acids is 1. The molecular formula is C12H22N2O3. The third-order valence-electron chi connectivity index (χ3n) is 3.35. The maximum absolute atomic E-state index is 11.4. The Hall–Kier alpha value is -1.10. The molecule has 1 saturated heterocycles. The monoisotopic (exact) mass is 242 g/mol. The molecule has 5 heteroatoms. The molecule has 98 valence electrons. The molecule has 0 aromatic carbocycles. The lowest BCUT2D eigenvalue weighted by Crippen LogP contribution is -2.49. The summed E-state index contributed by atoms with van der Waals surface area (Å²) in [5.74, 6) is -0.726. The lowest BCUT2D eigenvalue weighted by Gasteiger charge is -2.37. The van der Waals surface area contributed by atoms with Crippen LogP contribution in [0, 0.1) is 0 Å². The van der Waals surface area contributed by atoms with E-state index >= 15 is 0 Å². The van der Waals surface area contributed by atoms with Gasteiger partial charge < -0.3 is 10.0 Å². The maximum Gasteiger partial charge on any atom is 0.317 e. The number of nitrogens with zero attached hydrogens (tertiary/aromatic N) is 2. The van der Waals surface area contributed by atoms with Crippen LogP contribution in [-0.2, 0) is 9.59 Å². The summed E-state index contributed by atoms with van der Waals surface area (Å²) >= 11 is 0. The van der Waals surface area contributed by atoms with Gasteiger partial charge in [0.2, 0.25) is 5.91 Å². The molecule has 0 spiro atoms. The molecule has 1 fully saturated rings. The van der Waals surface area contributed by atoms with Gasteiger partial charge in [0.1, 0.15) is 0 Å². The summed E-state index contributed by atoms with van der Waals surface area (Å²) in [6.45, 7) is 5.76. The van der Waals surface area contributed by atoms with Crippen LogP contribution in [0.4, 0.5) is 0 Å². The first-order valence-corrected chi connectivity index (χ1v) is 6.26. The molecule has 1 aliphatic heterocycles. The van der Waals surface area contributed by atoms with Crippen LogP contribution in [0.15, 0.2) is 0 Å². The largest absolute Gasteiger partial charge is 0.480 e. The number of likely N-dealkylation sites (N-methyl/N-ethyl adjacent to an activating group) is 1. The molecule has 0 radical (unpaired) electrons.